The van der Waals surface area contributed by atoms with Crippen molar-refractivity contribution in [3.63, 3.8) is 0 Å². The van der Waals surface area contributed by atoms with Crippen LogP contribution >= 0.6 is 34.4 Å². The molecule has 9 heteroatoms. The number of ether oxygens (including phenoxy) is 2. The second-order valence-electron chi connectivity index (χ2n) is 7.33. The van der Waals surface area contributed by atoms with E-state index < -0.39 is 0 Å². The molecular weight excluding hydrogens is 551 g/mol. The maximum absolute atomic E-state index is 12.1. The van der Waals surface area contributed by atoms with Crippen LogP contribution < -0.4 is 14.9 Å². The van der Waals surface area contributed by atoms with E-state index in [0.717, 1.165) is 26.1 Å². The fraction of sp³-hybridized carbons (Fsp3) is 0.250. The number of hydrogen-bond acceptors (Lipinski definition) is 7. The molecule has 7 nitrogen and oxygen atoms in total. The minimum atomic E-state index is -0.237. The molecule has 0 aliphatic carbocycles. The molecular formula is C24H25IN4O3S. The number of aryl methyl sites for hydroxylation is 3. The summed E-state index contributed by atoms with van der Waals surface area (Å²) in [6, 6.07) is 13.8. The van der Waals surface area contributed by atoms with Crippen LogP contribution in [0.15, 0.2) is 52.7 Å². The van der Waals surface area contributed by atoms with Crippen molar-refractivity contribution in [2.75, 3.05) is 12.9 Å². The van der Waals surface area contributed by atoms with Gasteiger partial charge in [-0.15, -0.1) is 0 Å². The van der Waals surface area contributed by atoms with E-state index in [0.29, 0.717) is 23.3 Å². The highest BCUT2D eigenvalue weighted by Gasteiger charge is 2.12. The molecule has 3 aromatic rings. The van der Waals surface area contributed by atoms with Crippen molar-refractivity contribution in [2.24, 2.45) is 5.10 Å². The molecule has 0 saturated heterocycles. The van der Waals surface area contributed by atoms with Gasteiger partial charge in [-0.05, 0) is 72.7 Å². The number of methoxy groups -OCH3 is 1. The number of aromatic nitrogens is 2. The number of halogens is 1. The number of hydrazone groups is 1. The summed E-state index contributed by atoms with van der Waals surface area (Å²) in [6.45, 7) is 6.30. The van der Waals surface area contributed by atoms with E-state index in [1.807, 2.05) is 44.2 Å². The number of hydrogen-bond donors (Lipinski definition) is 1. The number of amides is 1. The molecule has 3 rings (SSSR count). The quantitative estimate of drug-likeness (QED) is 0.129. The first-order valence-electron chi connectivity index (χ1n) is 10.2. The smallest absolute Gasteiger partial charge is 0.250 e. The summed E-state index contributed by atoms with van der Waals surface area (Å²) < 4.78 is 12.4. The molecule has 1 aromatic heterocycles. The molecule has 1 N–H and O–H groups in total. The lowest BCUT2D eigenvalue weighted by molar-refractivity contribution is -0.118. The highest BCUT2D eigenvalue weighted by molar-refractivity contribution is 14.1. The van der Waals surface area contributed by atoms with Gasteiger partial charge in [0.25, 0.3) is 5.91 Å². The zero-order chi connectivity index (χ0) is 23.8. The van der Waals surface area contributed by atoms with Crippen molar-refractivity contribution in [1.82, 2.24) is 15.4 Å². The van der Waals surface area contributed by atoms with Gasteiger partial charge in [0.2, 0.25) is 0 Å². The number of nitrogens with zero attached hydrogens (tertiary/aromatic N) is 3. The molecule has 1 heterocycles. The van der Waals surface area contributed by atoms with Gasteiger partial charge in [-0.3, -0.25) is 4.79 Å². The van der Waals surface area contributed by atoms with E-state index in [1.54, 1.807) is 13.3 Å². The fourth-order valence-electron chi connectivity index (χ4n) is 3.01. The Balaban J connectivity index is 1.58. The topological polar surface area (TPSA) is 85.7 Å². The minimum Gasteiger partial charge on any atom is -0.493 e. The van der Waals surface area contributed by atoms with Crippen LogP contribution in [0.5, 0.6) is 11.5 Å². The van der Waals surface area contributed by atoms with Crippen molar-refractivity contribution < 1.29 is 14.3 Å². The summed E-state index contributed by atoms with van der Waals surface area (Å²) in [5.74, 6) is 1.21. The van der Waals surface area contributed by atoms with Crippen LogP contribution in [0, 0.1) is 24.3 Å². The molecule has 0 radical (unpaired) electrons. The van der Waals surface area contributed by atoms with Crippen molar-refractivity contribution in [1.29, 1.82) is 0 Å². The van der Waals surface area contributed by atoms with Gasteiger partial charge in [0.05, 0.1) is 22.6 Å². The van der Waals surface area contributed by atoms with E-state index in [9.17, 15) is 4.79 Å². The van der Waals surface area contributed by atoms with Gasteiger partial charge in [0.1, 0.15) is 6.61 Å². The van der Waals surface area contributed by atoms with Crippen LogP contribution in [-0.2, 0) is 11.4 Å². The molecule has 2 aromatic carbocycles. The molecule has 0 fully saturated rings. The number of nitrogens with one attached hydrogen (secondary N) is 1. The number of carbonyl (C=O) groups excluding carboxylic acids is 1. The predicted octanol–water partition coefficient (Wildman–Crippen LogP) is 4.84. The summed E-state index contributed by atoms with van der Waals surface area (Å²) in [5.41, 5.74) is 7.34. The third-order valence-corrected chi connectivity index (χ3v) is 6.06. The van der Waals surface area contributed by atoms with Crippen molar-refractivity contribution in [2.45, 2.75) is 32.5 Å². The lowest BCUT2D eigenvalue weighted by Gasteiger charge is -2.14. The number of rotatable bonds is 9. The molecule has 0 aliphatic rings. The second kappa shape index (κ2) is 12.0. The summed E-state index contributed by atoms with van der Waals surface area (Å²) >= 11 is 3.48. The molecule has 0 saturated carbocycles. The third-order valence-electron chi connectivity index (χ3n) is 4.41. The van der Waals surface area contributed by atoms with E-state index in [4.69, 9.17) is 9.47 Å². The average Bonchev–Trinajstić information content (AvgIpc) is 2.76. The Hall–Kier alpha value is -2.66. The van der Waals surface area contributed by atoms with Crippen LogP contribution in [0.3, 0.4) is 0 Å². The SMILES string of the molecule is COc1cc(/C=N\NC(=O)CSc2nc(C)cc(C)n2)cc(I)c1OCc1cccc(C)c1. The highest BCUT2D eigenvalue weighted by Crippen LogP contribution is 2.34. The maximum atomic E-state index is 12.1. The monoisotopic (exact) mass is 576 g/mol. The Bertz CT molecular complexity index is 1150. The van der Waals surface area contributed by atoms with Crippen LogP contribution in [0.25, 0.3) is 0 Å². The Morgan fingerprint density at radius 1 is 1.15 bits per heavy atom. The van der Waals surface area contributed by atoms with Gasteiger partial charge in [-0.1, -0.05) is 41.6 Å². The molecule has 0 spiro atoms. The van der Waals surface area contributed by atoms with Crippen molar-refractivity contribution in [3.05, 3.63) is 74.1 Å². The average molecular weight is 576 g/mol. The second-order valence-corrected chi connectivity index (χ2v) is 9.43. The Morgan fingerprint density at radius 2 is 1.91 bits per heavy atom. The molecule has 0 atom stereocenters. The molecule has 172 valence electrons. The van der Waals surface area contributed by atoms with Gasteiger partial charge >= 0.3 is 0 Å². The number of carbonyl (C=O) groups is 1. The predicted molar refractivity (Wildman–Crippen MR) is 139 cm³/mol. The molecule has 1 amide bonds. The first-order valence-corrected chi connectivity index (χ1v) is 12.2. The zero-order valence-corrected chi connectivity index (χ0v) is 21.9. The summed E-state index contributed by atoms with van der Waals surface area (Å²) in [6.07, 6.45) is 1.57. The van der Waals surface area contributed by atoms with Crippen molar-refractivity contribution >= 4 is 46.5 Å². The van der Waals surface area contributed by atoms with Crippen LogP contribution in [0.4, 0.5) is 0 Å². The zero-order valence-electron chi connectivity index (χ0n) is 18.9. The minimum absolute atomic E-state index is 0.173. The molecule has 0 unspecified atom stereocenters. The maximum Gasteiger partial charge on any atom is 0.250 e. The van der Waals surface area contributed by atoms with E-state index in [2.05, 4.69) is 62.1 Å². The normalized spacial score (nSPS) is 10.9. The van der Waals surface area contributed by atoms with E-state index in [1.165, 1.54) is 17.3 Å². The van der Waals surface area contributed by atoms with Gasteiger partial charge in [-0.25, -0.2) is 15.4 Å². The standard InChI is InChI=1S/C24H25IN4O3S/c1-15-6-5-7-18(8-15)13-32-23-20(25)10-19(11-21(23)31-4)12-26-29-22(30)14-33-24-27-16(2)9-17(3)28-24/h5-12H,13-14H2,1-4H3,(H,29,30)/b26-12-. The Morgan fingerprint density at radius 3 is 2.61 bits per heavy atom. The third kappa shape index (κ3) is 7.71. The van der Waals surface area contributed by atoms with Crippen LogP contribution in [-0.4, -0.2) is 35.0 Å². The fourth-order valence-corrected chi connectivity index (χ4v) is 4.53. The molecule has 0 aliphatic heterocycles. The van der Waals surface area contributed by atoms with Crippen molar-refractivity contribution in [3.8, 4) is 11.5 Å². The molecule has 33 heavy (non-hydrogen) atoms. The van der Waals surface area contributed by atoms with E-state index >= 15 is 0 Å². The lowest BCUT2D eigenvalue weighted by Crippen LogP contribution is -2.19. The number of thioether (sulfide) groups is 1. The molecule has 0 bridgehead atoms. The summed E-state index contributed by atoms with van der Waals surface area (Å²) in [4.78, 5) is 20.7. The first-order chi connectivity index (χ1) is 15.8. The van der Waals surface area contributed by atoms with Crippen LogP contribution in [0.2, 0.25) is 0 Å². The van der Waals surface area contributed by atoms with Gasteiger partial charge in [-0.2, -0.15) is 5.10 Å². The number of benzene rings is 2. The summed E-state index contributed by atoms with van der Waals surface area (Å²) in [7, 11) is 1.60. The van der Waals surface area contributed by atoms with Gasteiger partial charge in [0, 0.05) is 11.4 Å². The van der Waals surface area contributed by atoms with Gasteiger partial charge < -0.3 is 9.47 Å². The first kappa shape index (κ1) is 25.0. The Kier molecular flexibility index (Phi) is 9.07. The van der Waals surface area contributed by atoms with E-state index in [-0.39, 0.29) is 11.7 Å². The summed E-state index contributed by atoms with van der Waals surface area (Å²) in [5, 5.41) is 4.64. The van der Waals surface area contributed by atoms with Crippen LogP contribution in [0.1, 0.15) is 28.1 Å². The van der Waals surface area contributed by atoms with Gasteiger partial charge in [0.15, 0.2) is 16.7 Å². The lowest BCUT2D eigenvalue weighted by atomic mass is 10.1. The largest absolute Gasteiger partial charge is 0.493 e. The Labute approximate surface area is 211 Å². The highest BCUT2D eigenvalue weighted by atomic mass is 127.